The number of anilines is 1. The molecule has 0 bridgehead atoms. The molecule has 1 amide bonds. The summed E-state index contributed by atoms with van der Waals surface area (Å²) < 4.78 is 0. The Morgan fingerprint density at radius 3 is 2.93 bits per heavy atom. The highest BCUT2D eigenvalue weighted by Gasteiger charge is 2.24. The lowest BCUT2D eigenvalue weighted by molar-refractivity contribution is -0.116. The van der Waals surface area contributed by atoms with Gasteiger partial charge in [-0.25, -0.2) is 4.98 Å². The van der Waals surface area contributed by atoms with Crippen LogP contribution in [0.15, 0.2) is 23.4 Å². The standard InChI is InChI=1S/C9H8ClN3O/c1-6-5-8(14)13(12-6)7-3-2-4-11-9(7)10/h2-4H,5H2,1H3. The summed E-state index contributed by atoms with van der Waals surface area (Å²) in [6.07, 6.45) is 1.92. The second kappa shape index (κ2) is 3.38. The van der Waals surface area contributed by atoms with Crippen molar-refractivity contribution >= 4 is 28.9 Å². The maximum Gasteiger partial charge on any atom is 0.253 e. The second-order valence-corrected chi connectivity index (χ2v) is 3.39. The topological polar surface area (TPSA) is 45.6 Å². The predicted molar refractivity (Wildman–Crippen MR) is 54.5 cm³/mol. The monoisotopic (exact) mass is 209 g/mol. The lowest BCUT2D eigenvalue weighted by Crippen LogP contribution is -2.20. The van der Waals surface area contributed by atoms with E-state index in [2.05, 4.69) is 10.1 Å². The van der Waals surface area contributed by atoms with Crippen LogP contribution in [-0.2, 0) is 4.79 Å². The molecule has 14 heavy (non-hydrogen) atoms. The zero-order valence-corrected chi connectivity index (χ0v) is 8.32. The van der Waals surface area contributed by atoms with Crippen LogP contribution in [0.2, 0.25) is 5.15 Å². The molecular weight excluding hydrogens is 202 g/mol. The molecular formula is C9H8ClN3O. The van der Waals surface area contributed by atoms with Crippen molar-refractivity contribution in [3.63, 3.8) is 0 Å². The predicted octanol–water partition coefficient (Wildman–Crippen LogP) is 1.85. The van der Waals surface area contributed by atoms with Crippen molar-refractivity contribution in [2.45, 2.75) is 13.3 Å². The molecule has 72 valence electrons. The molecule has 5 heteroatoms. The van der Waals surface area contributed by atoms with Crippen molar-refractivity contribution in [3.05, 3.63) is 23.5 Å². The zero-order valence-electron chi connectivity index (χ0n) is 7.57. The van der Waals surface area contributed by atoms with E-state index in [0.29, 0.717) is 17.3 Å². The largest absolute Gasteiger partial charge is 0.272 e. The van der Waals surface area contributed by atoms with E-state index in [0.717, 1.165) is 5.71 Å². The highest BCUT2D eigenvalue weighted by molar-refractivity contribution is 6.33. The van der Waals surface area contributed by atoms with Gasteiger partial charge in [0.1, 0.15) is 5.69 Å². The number of rotatable bonds is 1. The molecule has 4 nitrogen and oxygen atoms in total. The Labute approximate surface area is 86.2 Å². The van der Waals surface area contributed by atoms with Gasteiger partial charge in [0.15, 0.2) is 5.15 Å². The molecule has 0 spiro atoms. The van der Waals surface area contributed by atoms with E-state index in [1.165, 1.54) is 5.01 Å². The van der Waals surface area contributed by atoms with Gasteiger partial charge in [-0.3, -0.25) is 4.79 Å². The number of nitrogens with zero attached hydrogens (tertiary/aromatic N) is 3. The lowest BCUT2D eigenvalue weighted by Gasteiger charge is -2.11. The maximum absolute atomic E-state index is 11.5. The van der Waals surface area contributed by atoms with Crippen molar-refractivity contribution in [2.75, 3.05) is 5.01 Å². The third-order valence-corrected chi connectivity index (χ3v) is 2.17. The van der Waals surface area contributed by atoms with E-state index in [1.54, 1.807) is 18.3 Å². The van der Waals surface area contributed by atoms with Crippen LogP contribution in [0.3, 0.4) is 0 Å². The molecule has 0 saturated heterocycles. The van der Waals surface area contributed by atoms with Crippen LogP contribution < -0.4 is 5.01 Å². The molecule has 0 aliphatic carbocycles. The summed E-state index contributed by atoms with van der Waals surface area (Å²) >= 11 is 5.84. The number of carbonyl (C=O) groups is 1. The summed E-state index contributed by atoms with van der Waals surface area (Å²) in [7, 11) is 0. The first kappa shape index (κ1) is 9.15. The van der Waals surface area contributed by atoms with Crippen LogP contribution in [-0.4, -0.2) is 16.6 Å². The number of hydrazone groups is 1. The first-order valence-electron chi connectivity index (χ1n) is 4.16. The highest BCUT2D eigenvalue weighted by atomic mass is 35.5. The molecule has 0 fully saturated rings. The Hall–Kier alpha value is -1.42. The van der Waals surface area contributed by atoms with E-state index in [-0.39, 0.29) is 5.91 Å². The lowest BCUT2D eigenvalue weighted by atomic mass is 10.3. The van der Waals surface area contributed by atoms with Gasteiger partial charge in [0.2, 0.25) is 0 Å². The minimum atomic E-state index is -0.0719. The van der Waals surface area contributed by atoms with Gasteiger partial charge in [-0.15, -0.1) is 0 Å². The number of hydrogen-bond acceptors (Lipinski definition) is 3. The SMILES string of the molecule is CC1=NN(c2cccnc2Cl)C(=O)C1. The highest BCUT2D eigenvalue weighted by Crippen LogP contribution is 2.26. The van der Waals surface area contributed by atoms with E-state index in [1.807, 2.05) is 6.92 Å². The van der Waals surface area contributed by atoms with Gasteiger partial charge in [-0.2, -0.15) is 10.1 Å². The summed E-state index contributed by atoms with van der Waals surface area (Å²) in [5.74, 6) is -0.0719. The second-order valence-electron chi connectivity index (χ2n) is 3.03. The smallest absolute Gasteiger partial charge is 0.253 e. The van der Waals surface area contributed by atoms with Gasteiger partial charge in [-0.1, -0.05) is 11.6 Å². The minimum absolute atomic E-state index is 0.0719. The molecule has 0 aromatic carbocycles. The summed E-state index contributed by atoms with van der Waals surface area (Å²) in [6, 6.07) is 3.44. The summed E-state index contributed by atoms with van der Waals surface area (Å²) in [5, 5.41) is 5.66. The first-order valence-corrected chi connectivity index (χ1v) is 4.54. The fourth-order valence-corrected chi connectivity index (χ4v) is 1.48. The number of halogens is 1. The van der Waals surface area contributed by atoms with Crippen LogP contribution >= 0.6 is 11.6 Å². The fourth-order valence-electron chi connectivity index (χ4n) is 1.28. The quantitative estimate of drug-likeness (QED) is 0.663. The van der Waals surface area contributed by atoms with Gasteiger partial charge >= 0.3 is 0 Å². The van der Waals surface area contributed by atoms with Crippen LogP contribution in [0.1, 0.15) is 13.3 Å². The van der Waals surface area contributed by atoms with Gasteiger partial charge in [-0.05, 0) is 19.1 Å². The molecule has 1 aromatic heterocycles. The van der Waals surface area contributed by atoms with Crippen molar-refractivity contribution in [3.8, 4) is 0 Å². The molecule has 0 unspecified atom stereocenters. The van der Waals surface area contributed by atoms with Gasteiger partial charge in [0.25, 0.3) is 5.91 Å². The van der Waals surface area contributed by atoms with E-state index in [4.69, 9.17) is 11.6 Å². The summed E-state index contributed by atoms with van der Waals surface area (Å²) in [5.41, 5.74) is 1.32. The van der Waals surface area contributed by atoms with Crippen molar-refractivity contribution in [2.24, 2.45) is 5.10 Å². The van der Waals surface area contributed by atoms with Gasteiger partial charge < -0.3 is 0 Å². The van der Waals surface area contributed by atoms with E-state index in [9.17, 15) is 4.79 Å². The van der Waals surface area contributed by atoms with Gasteiger partial charge in [0.05, 0.1) is 6.42 Å². The molecule has 0 atom stereocenters. The summed E-state index contributed by atoms with van der Waals surface area (Å²) in [4.78, 5) is 15.3. The Morgan fingerprint density at radius 2 is 2.36 bits per heavy atom. The van der Waals surface area contributed by atoms with Crippen LogP contribution in [0.4, 0.5) is 5.69 Å². The molecule has 1 aliphatic heterocycles. The fraction of sp³-hybridized carbons (Fsp3) is 0.222. The van der Waals surface area contributed by atoms with Crippen LogP contribution in [0.5, 0.6) is 0 Å². The number of pyridine rings is 1. The Balaban J connectivity index is 2.41. The third-order valence-electron chi connectivity index (χ3n) is 1.88. The zero-order chi connectivity index (χ0) is 10.1. The van der Waals surface area contributed by atoms with E-state index >= 15 is 0 Å². The molecule has 0 radical (unpaired) electrons. The molecule has 0 saturated carbocycles. The number of carbonyl (C=O) groups excluding carboxylic acids is 1. The first-order chi connectivity index (χ1) is 6.68. The average Bonchev–Trinajstić information content (AvgIpc) is 2.46. The third kappa shape index (κ3) is 1.48. The van der Waals surface area contributed by atoms with Crippen molar-refractivity contribution < 1.29 is 4.79 Å². The van der Waals surface area contributed by atoms with Crippen LogP contribution in [0.25, 0.3) is 0 Å². The maximum atomic E-state index is 11.5. The molecule has 2 rings (SSSR count). The normalized spacial score (nSPS) is 16.0. The number of amides is 1. The Morgan fingerprint density at radius 1 is 1.57 bits per heavy atom. The Bertz CT molecular complexity index is 416. The Kier molecular flexibility index (Phi) is 2.21. The van der Waals surface area contributed by atoms with Crippen molar-refractivity contribution in [1.82, 2.24) is 4.98 Å². The van der Waals surface area contributed by atoms with Crippen LogP contribution in [0, 0.1) is 0 Å². The average molecular weight is 210 g/mol. The molecule has 2 heterocycles. The van der Waals surface area contributed by atoms with E-state index < -0.39 is 0 Å². The number of aromatic nitrogens is 1. The number of hydrogen-bond donors (Lipinski definition) is 0. The van der Waals surface area contributed by atoms with Crippen molar-refractivity contribution in [1.29, 1.82) is 0 Å². The molecule has 0 N–H and O–H groups in total. The molecule has 1 aromatic rings. The minimum Gasteiger partial charge on any atom is -0.272 e. The summed E-state index contributed by atoms with van der Waals surface area (Å²) in [6.45, 7) is 1.81. The molecule has 1 aliphatic rings. The van der Waals surface area contributed by atoms with Gasteiger partial charge in [0, 0.05) is 11.9 Å².